The van der Waals surface area contributed by atoms with Crippen LogP contribution in [-0.4, -0.2) is 51.0 Å². The second-order valence-corrected chi connectivity index (χ2v) is 9.07. The highest BCUT2D eigenvalue weighted by Crippen LogP contribution is 2.26. The van der Waals surface area contributed by atoms with E-state index < -0.39 is 11.9 Å². The number of benzene rings is 3. The van der Waals surface area contributed by atoms with E-state index in [9.17, 15) is 14.0 Å². The lowest BCUT2D eigenvalue weighted by Gasteiger charge is -2.33. The Morgan fingerprint density at radius 3 is 2.57 bits per heavy atom. The van der Waals surface area contributed by atoms with Crippen molar-refractivity contribution < 1.29 is 18.7 Å². The van der Waals surface area contributed by atoms with Crippen LogP contribution in [0.15, 0.2) is 78.9 Å². The minimum Gasteiger partial charge on any atom is -0.376 e. The van der Waals surface area contributed by atoms with Crippen LogP contribution < -0.4 is 5.32 Å². The van der Waals surface area contributed by atoms with Crippen LogP contribution in [0.1, 0.15) is 30.0 Å². The molecule has 0 spiro atoms. The zero-order valence-corrected chi connectivity index (χ0v) is 20.3. The standard InChI is InChI=1S/C28H28FN5O3/c29-22-14-12-21(13-15-22)27(28(36)30-17-20-7-2-1-3-8-20)33(18-23-9-6-16-37-23)26(35)19-34-25-11-5-4-10-24(25)31-32-34/h1-5,7-8,10-15,23,27H,6,9,16-19H2,(H,30,36)/t23-,27-/m0/s1. The lowest BCUT2D eigenvalue weighted by Crippen LogP contribution is -2.47. The second-order valence-electron chi connectivity index (χ2n) is 9.07. The van der Waals surface area contributed by atoms with Crippen LogP contribution in [0, 0.1) is 5.82 Å². The fraction of sp³-hybridized carbons (Fsp3) is 0.286. The van der Waals surface area contributed by atoms with Crippen LogP contribution in [0.5, 0.6) is 0 Å². The minimum absolute atomic E-state index is 0.100. The molecule has 8 nitrogen and oxygen atoms in total. The number of amides is 2. The highest BCUT2D eigenvalue weighted by molar-refractivity contribution is 5.89. The molecule has 1 aliphatic heterocycles. The number of hydrogen-bond acceptors (Lipinski definition) is 5. The summed E-state index contributed by atoms with van der Waals surface area (Å²) < 4.78 is 21.2. The lowest BCUT2D eigenvalue weighted by molar-refractivity contribution is -0.143. The van der Waals surface area contributed by atoms with Crippen molar-refractivity contribution in [2.45, 2.75) is 38.1 Å². The molecule has 2 atom stereocenters. The summed E-state index contributed by atoms with van der Waals surface area (Å²) >= 11 is 0. The van der Waals surface area contributed by atoms with Crippen molar-refractivity contribution in [3.05, 3.63) is 95.8 Å². The number of halogens is 1. The molecule has 2 heterocycles. The maximum absolute atomic E-state index is 13.8. The van der Waals surface area contributed by atoms with E-state index in [-0.39, 0.29) is 31.0 Å². The Morgan fingerprint density at radius 1 is 1.05 bits per heavy atom. The molecule has 5 rings (SSSR count). The summed E-state index contributed by atoms with van der Waals surface area (Å²) in [5.41, 5.74) is 2.85. The van der Waals surface area contributed by atoms with Crippen LogP contribution in [0.4, 0.5) is 4.39 Å². The summed E-state index contributed by atoms with van der Waals surface area (Å²) in [6.07, 6.45) is 1.49. The second kappa shape index (κ2) is 11.3. The predicted octanol–water partition coefficient (Wildman–Crippen LogP) is 3.64. The molecular formula is C28H28FN5O3. The van der Waals surface area contributed by atoms with Crippen molar-refractivity contribution in [2.75, 3.05) is 13.2 Å². The summed E-state index contributed by atoms with van der Waals surface area (Å²) in [4.78, 5) is 29.0. The average Bonchev–Trinajstić information content (AvgIpc) is 3.59. The summed E-state index contributed by atoms with van der Waals surface area (Å²) in [6, 6.07) is 21.6. The summed E-state index contributed by atoms with van der Waals surface area (Å²) in [6.45, 7) is 1.04. The minimum atomic E-state index is -0.976. The molecule has 0 bridgehead atoms. The third-order valence-corrected chi connectivity index (χ3v) is 6.51. The number of fused-ring (bicyclic) bond motifs is 1. The Bertz CT molecular complexity index is 1350. The van der Waals surface area contributed by atoms with Crippen molar-refractivity contribution >= 4 is 22.8 Å². The van der Waals surface area contributed by atoms with Gasteiger partial charge in [0.1, 0.15) is 23.9 Å². The van der Waals surface area contributed by atoms with Gasteiger partial charge in [-0.25, -0.2) is 9.07 Å². The van der Waals surface area contributed by atoms with Crippen molar-refractivity contribution in [1.29, 1.82) is 0 Å². The first-order valence-electron chi connectivity index (χ1n) is 12.3. The number of nitrogens with one attached hydrogen (secondary N) is 1. The van der Waals surface area contributed by atoms with E-state index in [0.29, 0.717) is 24.2 Å². The first-order chi connectivity index (χ1) is 18.1. The molecule has 1 N–H and O–H groups in total. The van der Waals surface area contributed by atoms with Crippen LogP contribution in [-0.2, 0) is 27.4 Å². The number of rotatable bonds is 9. The maximum atomic E-state index is 13.8. The third-order valence-electron chi connectivity index (χ3n) is 6.51. The van der Waals surface area contributed by atoms with E-state index in [0.717, 1.165) is 23.9 Å². The molecule has 9 heteroatoms. The van der Waals surface area contributed by atoms with Crippen LogP contribution >= 0.6 is 0 Å². The topological polar surface area (TPSA) is 89.4 Å². The molecule has 1 saturated heterocycles. The van der Waals surface area contributed by atoms with E-state index in [1.807, 2.05) is 54.6 Å². The van der Waals surface area contributed by atoms with Gasteiger partial charge in [0, 0.05) is 19.7 Å². The van der Waals surface area contributed by atoms with Gasteiger partial charge in [-0.3, -0.25) is 9.59 Å². The molecule has 190 valence electrons. The Morgan fingerprint density at radius 2 is 1.81 bits per heavy atom. The SMILES string of the molecule is O=C(NCc1ccccc1)[C@H](c1ccc(F)cc1)N(C[C@@H]1CCCO1)C(=O)Cn1nnc2ccccc21. The number of ether oxygens (including phenoxy) is 1. The molecule has 37 heavy (non-hydrogen) atoms. The lowest BCUT2D eigenvalue weighted by atomic mass is 10.0. The Kier molecular flexibility index (Phi) is 7.51. The average molecular weight is 502 g/mol. The van der Waals surface area contributed by atoms with E-state index in [4.69, 9.17) is 4.74 Å². The van der Waals surface area contributed by atoms with Crippen LogP contribution in [0.2, 0.25) is 0 Å². The van der Waals surface area contributed by atoms with Gasteiger partial charge < -0.3 is 15.0 Å². The number of carbonyl (C=O) groups excluding carboxylic acids is 2. The number of aromatic nitrogens is 3. The van der Waals surface area contributed by atoms with Gasteiger partial charge in [0.2, 0.25) is 11.8 Å². The maximum Gasteiger partial charge on any atom is 0.247 e. The number of para-hydroxylation sites is 1. The van der Waals surface area contributed by atoms with Gasteiger partial charge in [-0.15, -0.1) is 5.10 Å². The number of carbonyl (C=O) groups is 2. The smallest absolute Gasteiger partial charge is 0.247 e. The highest BCUT2D eigenvalue weighted by atomic mass is 19.1. The van der Waals surface area contributed by atoms with Gasteiger partial charge in [0.05, 0.1) is 11.6 Å². The van der Waals surface area contributed by atoms with E-state index in [1.165, 1.54) is 21.7 Å². The zero-order valence-electron chi connectivity index (χ0n) is 20.3. The summed E-state index contributed by atoms with van der Waals surface area (Å²) in [5, 5.41) is 11.3. The van der Waals surface area contributed by atoms with Crippen molar-refractivity contribution in [3.8, 4) is 0 Å². The Hall–Kier alpha value is -4.11. The first-order valence-corrected chi connectivity index (χ1v) is 12.3. The summed E-state index contributed by atoms with van der Waals surface area (Å²) in [5.74, 6) is -1.08. The van der Waals surface area contributed by atoms with Gasteiger partial charge in [0.15, 0.2) is 0 Å². The highest BCUT2D eigenvalue weighted by Gasteiger charge is 2.34. The molecule has 1 fully saturated rings. The van der Waals surface area contributed by atoms with Crippen molar-refractivity contribution in [2.24, 2.45) is 0 Å². The molecule has 0 aliphatic carbocycles. The molecule has 2 amide bonds. The van der Waals surface area contributed by atoms with Gasteiger partial charge in [-0.2, -0.15) is 0 Å². The first kappa shape index (κ1) is 24.6. The molecule has 0 saturated carbocycles. The van der Waals surface area contributed by atoms with E-state index >= 15 is 0 Å². The Labute approximate surface area is 214 Å². The molecule has 1 aromatic heterocycles. The molecule has 0 unspecified atom stereocenters. The number of nitrogens with zero attached hydrogens (tertiary/aromatic N) is 4. The van der Waals surface area contributed by atoms with Gasteiger partial charge in [-0.05, 0) is 48.2 Å². The molecular weight excluding hydrogens is 473 g/mol. The van der Waals surface area contributed by atoms with Crippen molar-refractivity contribution in [1.82, 2.24) is 25.2 Å². The predicted molar refractivity (Wildman–Crippen MR) is 136 cm³/mol. The fourth-order valence-electron chi connectivity index (χ4n) is 4.61. The molecule has 3 aromatic carbocycles. The van der Waals surface area contributed by atoms with Gasteiger partial charge >= 0.3 is 0 Å². The molecule has 0 radical (unpaired) electrons. The van der Waals surface area contributed by atoms with Gasteiger partial charge in [-0.1, -0.05) is 59.8 Å². The normalized spacial score (nSPS) is 16.0. The van der Waals surface area contributed by atoms with Crippen LogP contribution in [0.25, 0.3) is 11.0 Å². The van der Waals surface area contributed by atoms with E-state index in [1.54, 1.807) is 12.1 Å². The monoisotopic (exact) mass is 501 g/mol. The molecule has 1 aliphatic rings. The third kappa shape index (κ3) is 5.83. The summed E-state index contributed by atoms with van der Waals surface area (Å²) in [7, 11) is 0. The fourth-order valence-corrected chi connectivity index (χ4v) is 4.61. The molecule has 4 aromatic rings. The zero-order chi connectivity index (χ0) is 25.6. The van der Waals surface area contributed by atoms with E-state index in [2.05, 4.69) is 15.6 Å². The quantitative estimate of drug-likeness (QED) is 0.378. The Balaban J connectivity index is 1.46. The van der Waals surface area contributed by atoms with Gasteiger partial charge in [0.25, 0.3) is 0 Å². The van der Waals surface area contributed by atoms with Crippen molar-refractivity contribution in [3.63, 3.8) is 0 Å². The number of hydrogen-bond donors (Lipinski definition) is 1. The largest absolute Gasteiger partial charge is 0.376 e. The van der Waals surface area contributed by atoms with Crippen LogP contribution in [0.3, 0.4) is 0 Å².